The Kier molecular flexibility index (Phi) is 2.23. The molecule has 3 heteroatoms. The fourth-order valence-corrected chi connectivity index (χ4v) is 1.62. The van der Waals surface area contributed by atoms with Crippen LogP contribution in [0.3, 0.4) is 0 Å². The molecule has 0 bridgehead atoms. The predicted molar refractivity (Wildman–Crippen MR) is 59.7 cm³/mol. The maximum absolute atomic E-state index is 8.68. The van der Waals surface area contributed by atoms with E-state index in [1.807, 2.05) is 26.0 Å². The summed E-state index contributed by atoms with van der Waals surface area (Å²) in [6, 6.07) is 5.99. The van der Waals surface area contributed by atoms with E-state index in [1.54, 1.807) is 6.92 Å². The number of hydrogen-bond donors (Lipinski definition) is 1. The maximum atomic E-state index is 8.68. The molecule has 0 atom stereocenters. The van der Waals surface area contributed by atoms with Crippen molar-refractivity contribution in [2.75, 3.05) is 0 Å². The number of rotatable bonds is 1. The number of oxime groups is 1. The highest BCUT2D eigenvalue weighted by Gasteiger charge is 2.10. The molecule has 0 radical (unpaired) electrons. The lowest BCUT2D eigenvalue weighted by Crippen LogP contribution is -1.89. The van der Waals surface area contributed by atoms with Crippen molar-refractivity contribution in [3.63, 3.8) is 0 Å². The van der Waals surface area contributed by atoms with Gasteiger partial charge in [0.15, 0.2) is 5.76 Å². The van der Waals surface area contributed by atoms with Gasteiger partial charge in [-0.1, -0.05) is 17.3 Å². The van der Waals surface area contributed by atoms with E-state index in [1.165, 1.54) is 0 Å². The van der Waals surface area contributed by atoms with Crippen molar-refractivity contribution in [2.45, 2.75) is 20.8 Å². The summed E-state index contributed by atoms with van der Waals surface area (Å²) in [7, 11) is 0. The van der Waals surface area contributed by atoms with Crippen molar-refractivity contribution < 1.29 is 9.62 Å². The number of nitrogens with zero attached hydrogens (tertiary/aromatic N) is 1. The molecule has 0 aliphatic heterocycles. The normalized spacial score (nSPS) is 12.3. The minimum atomic E-state index is 0.491. The van der Waals surface area contributed by atoms with E-state index in [-0.39, 0.29) is 0 Å². The van der Waals surface area contributed by atoms with Crippen molar-refractivity contribution in [1.82, 2.24) is 0 Å². The lowest BCUT2D eigenvalue weighted by Gasteiger charge is -1.96. The van der Waals surface area contributed by atoms with Gasteiger partial charge in [0.25, 0.3) is 0 Å². The fraction of sp³-hybridized carbons (Fsp3) is 0.250. The van der Waals surface area contributed by atoms with E-state index in [4.69, 9.17) is 9.62 Å². The molecule has 0 amide bonds. The Labute approximate surface area is 88.0 Å². The molecule has 1 N–H and O–H groups in total. The van der Waals surface area contributed by atoms with Gasteiger partial charge in [-0.25, -0.2) is 0 Å². The molecule has 3 nitrogen and oxygen atoms in total. The largest absolute Gasteiger partial charge is 0.454 e. The molecular formula is C12H13NO2. The van der Waals surface area contributed by atoms with Gasteiger partial charge >= 0.3 is 0 Å². The van der Waals surface area contributed by atoms with E-state index in [2.05, 4.69) is 11.2 Å². The molecule has 0 unspecified atom stereocenters. The Bertz CT molecular complexity index is 499. The standard InChI is InChI=1S/C12H13NO2/c1-7-4-5-8(2)12-10(7)6-11(15-12)9(3)13-14/h4-6,14H,1-3H3/b13-9+. The Hall–Kier alpha value is -1.77. The van der Waals surface area contributed by atoms with Crippen LogP contribution in [0.5, 0.6) is 0 Å². The van der Waals surface area contributed by atoms with Crippen LogP contribution in [0.2, 0.25) is 0 Å². The summed E-state index contributed by atoms with van der Waals surface area (Å²) in [6.07, 6.45) is 0. The lowest BCUT2D eigenvalue weighted by atomic mass is 10.1. The van der Waals surface area contributed by atoms with Crippen molar-refractivity contribution in [2.24, 2.45) is 5.16 Å². The van der Waals surface area contributed by atoms with E-state index in [0.29, 0.717) is 11.5 Å². The summed E-state index contributed by atoms with van der Waals surface area (Å²) in [5.41, 5.74) is 3.61. The van der Waals surface area contributed by atoms with Gasteiger partial charge in [0, 0.05) is 5.39 Å². The van der Waals surface area contributed by atoms with Crippen LogP contribution in [0.4, 0.5) is 0 Å². The SMILES string of the molecule is C/C(=N\O)c1cc2c(C)ccc(C)c2o1. The average Bonchev–Trinajstić information content (AvgIpc) is 2.68. The first-order valence-electron chi connectivity index (χ1n) is 4.82. The summed E-state index contributed by atoms with van der Waals surface area (Å²) < 4.78 is 5.64. The molecule has 1 aromatic heterocycles. The molecular weight excluding hydrogens is 190 g/mol. The van der Waals surface area contributed by atoms with Crippen molar-refractivity contribution in [3.8, 4) is 0 Å². The summed E-state index contributed by atoms with van der Waals surface area (Å²) in [5, 5.41) is 12.9. The Morgan fingerprint density at radius 1 is 1.27 bits per heavy atom. The number of furan rings is 1. The van der Waals surface area contributed by atoms with Crippen molar-refractivity contribution in [1.29, 1.82) is 0 Å². The molecule has 0 spiro atoms. The molecule has 2 rings (SSSR count). The molecule has 2 aromatic rings. The number of aryl methyl sites for hydroxylation is 2. The highest BCUT2D eigenvalue weighted by atomic mass is 16.4. The van der Waals surface area contributed by atoms with Gasteiger partial charge in [-0.05, 0) is 38.0 Å². The van der Waals surface area contributed by atoms with Crippen LogP contribution in [-0.4, -0.2) is 10.9 Å². The monoisotopic (exact) mass is 203 g/mol. The van der Waals surface area contributed by atoms with E-state index >= 15 is 0 Å². The summed E-state index contributed by atoms with van der Waals surface area (Å²) in [5.74, 6) is 0.616. The summed E-state index contributed by atoms with van der Waals surface area (Å²) in [6.45, 7) is 5.75. The van der Waals surface area contributed by atoms with Gasteiger partial charge in [-0.2, -0.15) is 0 Å². The second kappa shape index (κ2) is 3.42. The third-order valence-electron chi connectivity index (χ3n) is 2.60. The molecule has 78 valence electrons. The quantitative estimate of drug-likeness (QED) is 0.439. The first kappa shape index (κ1) is 9.77. The van der Waals surface area contributed by atoms with Crippen molar-refractivity contribution in [3.05, 3.63) is 35.1 Å². The van der Waals surface area contributed by atoms with Gasteiger partial charge in [-0.15, -0.1) is 0 Å². The zero-order valence-electron chi connectivity index (χ0n) is 9.03. The van der Waals surface area contributed by atoms with Gasteiger partial charge < -0.3 is 9.62 Å². The fourth-order valence-electron chi connectivity index (χ4n) is 1.62. The van der Waals surface area contributed by atoms with Gasteiger partial charge in [-0.3, -0.25) is 0 Å². The van der Waals surface area contributed by atoms with Gasteiger partial charge in [0.05, 0.1) is 0 Å². The predicted octanol–water partition coefficient (Wildman–Crippen LogP) is 3.25. The van der Waals surface area contributed by atoms with Gasteiger partial charge in [0.1, 0.15) is 11.3 Å². The average molecular weight is 203 g/mol. The molecule has 0 aliphatic rings. The van der Waals surface area contributed by atoms with Crippen LogP contribution in [-0.2, 0) is 0 Å². The topological polar surface area (TPSA) is 45.7 Å². The maximum Gasteiger partial charge on any atom is 0.152 e. The lowest BCUT2D eigenvalue weighted by molar-refractivity contribution is 0.318. The minimum absolute atomic E-state index is 0.491. The highest BCUT2D eigenvalue weighted by molar-refractivity contribution is 6.00. The number of benzene rings is 1. The molecule has 0 fully saturated rings. The third kappa shape index (κ3) is 1.50. The van der Waals surface area contributed by atoms with E-state index < -0.39 is 0 Å². The zero-order chi connectivity index (χ0) is 11.0. The molecule has 15 heavy (non-hydrogen) atoms. The first-order valence-corrected chi connectivity index (χ1v) is 4.82. The Morgan fingerprint density at radius 2 is 1.93 bits per heavy atom. The van der Waals surface area contributed by atoms with Crippen LogP contribution < -0.4 is 0 Å². The second-order valence-corrected chi connectivity index (χ2v) is 3.74. The van der Waals surface area contributed by atoms with Crippen LogP contribution in [0.15, 0.2) is 27.8 Å². The number of fused-ring (bicyclic) bond motifs is 1. The van der Waals surface area contributed by atoms with Crippen LogP contribution in [0.25, 0.3) is 11.0 Å². The molecule has 1 heterocycles. The minimum Gasteiger partial charge on any atom is -0.454 e. The van der Waals surface area contributed by atoms with Crippen LogP contribution in [0, 0.1) is 13.8 Å². The molecule has 0 saturated carbocycles. The van der Waals surface area contributed by atoms with Crippen LogP contribution in [0.1, 0.15) is 23.8 Å². The van der Waals surface area contributed by atoms with Gasteiger partial charge in [0.2, 0.25) is 0 Å². The first-order chi connectivity index (χ1) is 7.13. The zero-order valence-corrected chi connectivity index (χ0v) is 9.03. The van der Waals surface area contributed by atoms with E-state index in [0.717, 1.165) is 22.1 Å². The number of hydrogen-bond acceptors (Lipinski definition) is 3. The highest BCUT2D eigenvalue weighted by Crippen LogP contribution is 2.26. The van der Waals surface area contributed by atoms with Crippen molar-refractivity contribution >= 4 is 16.7 Å². The second-order valence-electron chi connectivity index (χ2n) is 3.74. The Balaban J connectivity index is 2.75. The third-order valence-corrected chi connectivity index (χ3v) is 2.60. The Morgan fingerprint density at radius 3 is 2.53 bits per heavy atom. The summed E-state index contributed by atoms with van der Waals surface area (Å²) >= 11 is 0. The summed E-state index contributed by atoms with van der Waals surface area (Å²) in [4.78, 5) is 0. The van der Waals surface area contributed by atoms with E-state index in [9.17, 15) is 0 Å². The molecule has 0 aliphatic carbocycles. The molecule has 0 saturated heterocycles. The molecule has 1 aromatic carbocycles. The smallest absolute Gasteiger partial charge is 0.152 e. The van der Waals surface area contributed by atoms with Crippen LogP contribution >= 0.6 is 0 Å².